The summed E-state index contributed by atoms with van der Waals surface area (Å²) in [6.45, 7) is 5.76. The molecule has 0 atom stereocenters. The van der Waals surface area contributed by atoms with Gasteiger partial charge in [-0.2, -0.15) is 9.97 Å². The Labute approximate surface area is 244 Å². The van der Waals surface area contributed by atoms with Crippen LogP contribution in [0.2, 0.25) is 10.0 Å². The summed E-state index contributed by atoms with van der Waals surface area (Å²) in [6.07, 6.45) is 7.84. The van der Waals surface area contributed by atoms with Crippen LogP contribution in [0.4, 0.5) is 11.8 Å². The van der Waals surface area contributed by atoms with Crippen molar-refractivity contribution in [3.05, 3.63) is 94.5 Å². The average molecular weight is 582 g/mol. The summed E-state index contributed by atoms with van der Waals surface area (Å²) in [4.78, 5) is 25.4. The lowest BCUT2D eigenvalue weighted by atomic mass is 10.0. The number of anilines is 2. The molecule has 0 unspecified atom stereocenters. The largest absolute Gasteiger partial charge is 0.361 e. The second-order valence-electron chi connectivity index (χ2n) is 9.58. The molecular formula is C29H34Cl2N8O. The maximum Gasteiger partial charge on any atom is 0.239 e. The fraction of sp³-hybridized carbons (Fsp3) is 0.310. The summed E-state index contributed by atoms with van der Waals surface area (Å²) in [7, 11) is 0. The van der Waals surface area contributed by atoms with E-state index in [0.717, 1.165) is 17.0 Å². The maximum absolute atomic E-state index is 12.3. The van der Waals surface area contributed by atoms with Gasteiger partial charge in [0.2, 0.25) is 11.9 Å². The topological polar surface area (TPSA) is 109 Å². The molecule has 5 rings (SSSR count). The molecule has 4 N–H and O–H groups in total. The number of amides is 1. The molecule has 0 radical (unpaired) electrons. The highest BCUT2D eigenvalue weighted by atomic mass is 35.5. The highest BCUT2D eigenvalue weighted by molar-refractivity contribution is 6.30. The molecule has 1 aliphatic heterocycles. The Morgan fingerprint density at radius 3 is 2.45 bits per heavy atom. The first-order chi connectivity index (χ1) is 19.4. The van der Waals surface area contributed by atoms with E-state index in [4.69, 9.17) is 23.2 Å². The van der Waals surface area contributed by atoms with Gasteiger partial charge in [-0.3, -0.25) is 9.36 Å². The fourth-order valence-corrected chi connectivity index (χ4v) is 4.30. The molecule has 1 fully saturated rings. The van der Waals surface area contributed by atoms with E-state index in [1.807, 2.05) is 36.4 Å². The minimum atomic E-state index is -0.166. The van der Waals surface area contributed by atoms with Crippen molar-refractivity contribution >= 4 is 40.9 Å². The average Bonchev–Trinajstić information content (AvgIpc) is 3.51. The molecule has 1 saturated heterocycles. The first-order valence-electron chi connectivity index (χ1n) is 13.3. The molecule has 1 amide bonds. The number of imidazole rings is 1. The van der Waals surface area contributed by atoms with E-state index >= 15 is 0 Å². The third kappa shape index (κ3) is 9.82. The smallest absolute Gasteiger partial charge is 0.239 e. The van der Waals surface area contributed by atoms with E-state index in [2.05, 4.69) is 43.1 Å². The number of nitrogens with zero attached hydrogens (tertiary/aromatic N) is 4. The number of hydrogen-bond acceptors (Lipinski definition) is 7. The number of benzene rings is 2. The number of carbonyl (C=O) groups excluding carboxylic acids is 1. The molecule has 2 aromatic heterocycles. The van der Waals surface area contributed by atoms with Crippen LogP contribution in [0.5, 0.6) is 0 Å². The summed E-state index contributed by atoms with van der Waals surface area (Å²) in [6, 6.07) is 16.6. The number of carbonyl (C=O) groups is 1. The zero-order valence-corrected chi connectivity index (χ0v) is 23.9. The molecular weight excluding hydrogens is 547 g/mol. The van der Waals surface area contributed by atoms with Crippen LogP contribution in [0, 0.1) is 5.92 Å². The van der Waals surface area contributed by atoms with Crippen molar-refractivity contribution in [2.24, 2.45) is 5.92 Å². The second kappa shape index (κ2) is 15.2. The molecule has 210 valence electrons. The summed E-state index contributed by atoms with van der Waals surface area (Å²) in [5.41, 5.74) is 1.96. The van der Waals surface area contributed by atoms with E-state index < -0.39 is 0 Å². The minimum absolute atomic E-state index is 0.0572. The van der Waals surface area contributed by atoms with Crippen molar-refractivity contribution < 1.29 is 4.79 Å². The molecule has 40 heavy (non-hydrogen) atoms. The molecule has 0 aliphatic carbocycles. The van der Waals surface area contributed by atoms with Crippen LogP contribution in [0.25, 0.3) is 5.82 Å². The summed E-state index contributed by atoms with van der Waals surface area (Å²) in [5.74, 6) is 2.33. The zero-order valence-electron chi connectivity index (χ0n) is 22.4. The van der Waals surface area contributed by atoms with Gasteiger partial charge >= 0.3 is 0 Å². The van der Waals surface area contributed by atoms with Crippen molar-refractivity contribution in [2.75, 3.05) is 30.3 Å². The first-order valence-corrected chi connectivity index (χ1v) is 14.0. The van der Waals surface area contributed by atoms with Gasteiger partial charge in [-0.25, -0.2) is 4.98 Å². The van der Waals surface area contributed by atoms with Gasteiger partial charge in [0.1, 0.15) is 18.0 Å². The molecule has 11 heteroatoms. The predicted octanol–water partition coefficient (Wildman–Crippen LogP) is 5.32. The number of hydrogen-bond donors (Lipinski definition) is 4. The Morgan fingerprint density at radius 1 is 0.975 bits per heavy atom. The van der Waals surface area contributed by atoms with Crippen LogP contribution < -0.4 is 21.3 Å². The van der Waals surface area contributed by atoms with Crippen molar-refractivity contribution in [3.63, 3.8) is 0 Å². The van der Waals surface area contributed by atoms with Gasteiger partial charge in [-0.15, -0.1) is 0 Å². The van der Waals surface area contributed by atoms with Crippen LogP contribution in [0.3, 0.4) is 0 Å². The van der Waals surface area contributed by atoms with Crippen LogP contribution in [0.15, 0.2) is 73.3 Å². The van der Waals surface area contributed by atoms with E-state index in [0.29, 0.717) is 40.7 Å². The Bertz CT molecular complexity index is 1340. The Balaban J connectivity index is 0.000000461. The van der Waals surface area contributed by atoms with Crippen LogP contribution in [0.1, 0.15) is 30.9 Å². The third-order valence-corrected chi connectivity index (χ3v) is 6.77. The third-order valence-electron chi connectivity index (χ3n) is 6.28. The number of aromatic nitrogens is 4. The molecule has 0 saturated carbocycles. The molecule has 9 nitrogen and oxygen atoms in total. The van der Waals surface area contributed by atoms with Crippen LogP contribution in [-0.4, -0.2) is 45.1 Å². The Kier molecular flexibility index (Phi) is 11.2. The SMILES string of the molecule is CC1CCNCC1.O=C(CNc1cc(-n2ccnc2)nc(NCc2cccc(Cl)c2)n1)NCc1ccc(Cl)cc1. The van der Waals surface area contributed by atoms with Crippen molar-refractivity contribution in [3.8, 4) is 5.82 Å². The second-order valence-corrected chi connectivity index (χ2v) is 10.5. The molecule has 3 heterocycles. The van der Waals surface area contributed by atoms with E-state index in [1.165, 1.54) is 25.9 Å². The van der Waals surface area contributed by atoms with Gasteiger partial charge in [0.25, 0.3) is 0 Å². The Hall–Kier alpha value is -3.66. The predicted molar refractivity (Wildman–Crippen MR) is 161 cm³/mol. The summed E-state index contributed by atoms with van der Waals surface area (Å²) < 4.78 is 1.76. The van der Waals surface area contributed by atoms with E-state index in [-0.39, 0.29) is 12.5 Å². The number of piperidine rings is 1. The van der Waals surface area contributed by atoms with Crippen molar-refractivity contribution in [2.45, 2.75) is 32.9 Å². The lowest BCUT2D eigenvalue weighted by molar-refractivity contribution is -0.119. The lowest BCUT2D eigenvalue weighted by Gasteiger charge is -2.17. The number of halogens is 2. The van der Waals surface area contributed by atoms with Gasteiger partial charge < -0.3 is 21.3 Å². The molecule has 1 aliphatic rings. The first kappa shape index (κ1) is 29.3. The lowest BCUT2D eigenvalue weighted by Crippen LogP contribution is -2.29. The van der Waals surface area contributed by atoms with Gasteiger partial charge in [0, 0.05) is 41.6 Å². The molecule has 2 aromatic carbocycles. The molecule has 0 spiro atoms. The zero-order chi connectivity index (χ0) is 28.2. The number of rotatable bonds is 9. The highest BCUT2D eigenvalue weighted by Gasteiger charge is 2.09. The maximum atomic E-state index is 12.3. The molecule has 4 aromatic rings. The summed E-state index contributed by atoms with van der Waals surface area (Å²) in [5, 5.41) is 13.8. The quantitative estimate of drug-likeness (QED) is 0.212. The van der Waals surface area contributed by atoms with Crippen LogP contribution >= 0.6 is 23.2 Å². The van der Waals surface area contributed by atoms with Crippen LogP contribution in [-0.2, 0) is 17.9 Å². The van der Waals surface area contributed by atoms with Crippen molar-refractivity contribution in [1.29, 1.82) is 0 Å². The van der Waals surface area contributed by atoms with Gasteiger partial charge in [-0.1, -0.05) is 54.4 Å². The van der Waals surface area contributed by atoms with E-state index in [9.17, 15) is 4.79 Å². The van der Waals surface area contributed by atoms with E-state index in [1.54, 1.807) is 41.5 Å². The number of nitrogens with one attached hydrogen (secondary N) is 4. The van der Waals surface area contributed by atoms with Gasteiger partial charge in [0.15, 0.2) is 0 Å². The molecule has 0 bridgehead atoms. The fourth-order valence-electron chi connectivity index (χ4n) is 3.96. The summed E-state index contributed by atoms with van der Waals surface area (Å²) >= 11 is 12.0. The van der Waals surface area contributed by atoms with Crippen molar-refractivity contribution in [1.82, 2.24) is 30.2 Å². The standard InChI is InChI=1S/C23H21Cl2N7O.C6H13N/c24-18-6-4-16(5-7-18)12-28-22(33)14-27-20-11-21(32-9-8-26-15-32)31-23(30-20)29-13-17-2-1-3-19(25)10-17;1-6-2-4-7-5-3-6/h1-11,15H,12-14H2,(H,28,33)(H2,27,29,30,31);6-7H,2-5H2,1H3. The Morgan fingerprint density at radius 2 is 1.77 bits per heavy atom. The van der Waals surface area contributed by atoms with Gasteiger partial charge in [0.05, 0.1) is 6.54 Å². The highest BCUT2D eigenvalue weighted by Crippen LogP contribution is 2.16. The normalized spacial score (nSPS) is 13.2. The monoisotopic (exact) mass is 580 g/mol. The minimum Gasteiger partial charge on any atom is -0.361 e. The van der Waals surface area contributed by atoms with Gasteiger partial charge in [-0.05, 0) is 67.2 Å².